The highest BCUT2D eigenvalue weighted by atomic mass is 32.2. The third kappa shape index (κ3) is 5.93. The molecule has 1 amide bonds. The van der Waals surface area contributed by atoms with Crippen LogP contribution in [-0.2, 0) is 21.4 Å². The molecule has 0 aromatic carbocycles. The van der Waals surface area contributed by atoms with Gasteiger partial charge in [0.15, 0.2) is 0 Å². The molecule has 25 heavy (non-hydrogen) atoms. The minimum atomic E-state index is -3.38. The average Bonchev–Trinajstić information content (AvgIpc) is 3.13. The lowest BCUT2D eigenvalue weighted by atomic mass is 10.4. The van der Waals surface area contributed by atoms with E-state index in [2.05, 4.69) is 20.2 Å². The zero-order valence-electron chi connectivity index (χ0n) is 14.9. The lowest BCUT2D eigenvalue weighted by Gasteiger charge is -2.17. The zero-order chi connectivity index (χ0) is 18.3. The van der Waals surface area contributed by atoms with Crippen LogP contribution in [0.3, 0.4) is 0 Å². The maximum Gasteiger partial charge on any atom is 0.235 e. The SMILES string of the molecule is CCCCS(=O)(=O)N(C)CC(=O)NCc1ccnc(N2CCCC2)n1. The Balaban J connectivity index is 1.84. The van der Waals surface area contributed by atoms with Crippen LogP contribution in [0.4, 0.5) is 5.95 Å². The van der Waals surface area contributed by atoms with Crippen molar-refractivity contribution >= 4 is 21.9 Å². The predicted octanol–water partition coefficient (Wildman–Crippen LogP) is 0.755. The highest BCUT2D eigenvalue weighted by molar-refractivity contribution is 7.89. The van der Waals surface area contributed by atoms with Gasteiger partial charge in [0.1, 0.15) is 0 Å². The summed E-state index contributed by atoms with van der Waals surface area (Å²) in [6.07, 6.45) is 5.36. The average molecular weight is 369 g/mol. The molecule has 1 N–H and O–H groups in total. The molecule has 0 bridgehead atoms. The minimum Gasteiger partial charge on any atom is -0.349 e. The number of nitrogens with zero attached hydrogens (tertiary/aromatic N) is 4. The number of sulfonamides is 1. The highest BCUT2D eigenvalue weighted by Crippen LogP contribution is 2.15. The first-order valence-electron chi connectivity index (χ1n) is 8.70. The van der Waals surface area contributed by atoms with Crippen molar-refractivity contribution in [2.45, 2.75) is 39.2 Å². The number of nitrogens with one attached hydrogen (secondary N) is 1. The summed E-state index contributed by atoms with van der Waals surface area (Å²) in [5, 5.41) is 2.72. The second kappa shape index (κ2) is 9.10. The summed E-state index contributed by atoms with van der Waals surface area (Å²) in [5.41, 5.74) is 0.710. The molecule has 2 heterocycles. The van der Waals surface area contributed by atoms with Crippen molar-refractivity contribution in [3.63, 3.8) is 0 Å². The Labute approximate surface area is 149 Å². The third-order valence-corrected chi connectivity index (χ3v) is 6.04. The van der Waals surface area contributed by atoms with E-state index >= 15 is 0 Å². The van der Waals surface area contributed by atoms with Crippen LogP contribution in [0.2, 0.25) is 0 Å². The summed E-state index contributed by atoms with van der Waals surface area (Å²) in [6.45, 7) is 3.91. The van der Waals surface area contributed by atoms with E-state index in [9.17, 15) is 13.2 Å². The predicted molar refractivity (Wildman–Crippen MR) is 96.7 cm³/mol. The number of hydrogen-bond donors (Lipinski definition) is 1. The topological polar surface area (TPSA) is 95.5 Å². The van der Waals surface area contributed by atoms with Gasteiger partial charge in [-0.1, -0.05) is 13.3 Å². The first kappa shape index (κ1) is 19.6. The molecule has 0 spiro atoms. The van der Waals surface area contributed by atoms with Crippen molar-refractivity contribution in [2.75, 3.05) is 37.3 Å². The number of anilines is 1. The highest BCUT2D eigenvalue weighted by Gasteiger charge is 2.20. The van der Waals surface area contributed by atoms with Crippen LogP contribution in [0.15, 0.2) is 12.3 Å². The minimum absolute atomic E-state index is 0.0678. The zero-order valence-corrected chi connectivity index (χ0v) is 15.8. The number of carbonyl (C=O) groups excluding carboxylic acids is 1. The van der Waals surface area contributed by atoms with E-state index in [1.54, 1.807) is 12.3 Å². The van der Waals surface area contributed by atoms with E-state index in [-0.39, 0.29) is 24.7 Å². The van der Waals surface area contributed by atoms with E-state index in [4.69, 9.17) is 0 Å². The first-order valence-corrected chi connectivity index (χ1v) is 10.3. The Morgan fingerprint density at radius 2 is 2.08 bits per heavy atom. The summed E-state index contributed by atoms with van der Waals surface area (Å²) in [6, 6.07) is 1.75. The Hall–Kier alpha value is -1.74. The maximum atomic E-state index is 12.0. The van der Waals surface area contributed by atoms with Gasteiger partial charge in [0.2, 0.25) is 21.9 Å². The van der Waals surface area contributed by atoms with Crippen LogP contribution in [0.25, 0.3) is 0 Å². The van der Waals surface area contributed by atoms with Crippen molar-refractivity contribution < 1.29 is 13.2 Å². The molecular formula is C16H27N5O3S. The van der Waals surface area contributed by atoms with Gasteiger partial charge in [0, 0.05) is 26.3 Å². The molecule has 8 nitrogen and oxygen atoms in total. The smallest absolute Gasteiger partial charge is 0.235 e. The van der Waals surface area contributed by atoms with Gasteiger partial charge in [-0.25, -0.2) is 18.4 Å². The molecule has 1 fully saturated rings. The molecule has 1 aliphatic rings. The van der Waals surface area contributed by atoms with E-state index in [0.29, 0.717) is 18.1 Å². The van der Waals surface area contributed by atoms with Crippen LogP contribution < -0.4 is 10.2 Å². The van der Waals surface area contributed by atoms with Crippen LogP contribution in [0.5, 0.6) is 0 Å². The normalized spacial score (nSPS) is 14.9. The first-order chi connectivity index (χ1) is 11.9. The van der Waals surface area contributed by atoms with E-state index in [1.807, 2.05) is 6.92 Å². The van der Waals surface area contributed by atoms with Gasteiger partial charge in [-0.15, -0.1) is 0 Å². The second-order valence-corrected chi connectivity index (χ2v) is 8.44. The van der Waals surface area contributed by atoms with Crippen LogP contribution in [0.1, 0.15) is 38.3 Å². The van der Waals surface area contributed by atoms with E-state index in [1.165, 1.54) is 7.05 Å². The van der Waals surface area contributed by atoms with Crippen LogP contribution >= 0.6 is 0 Å². The number of aromatic nitrogens is 2. The van der Waals surface area contributed by atoms with Crippen molar-refractivity contribution in [1.29, 1.82) is 0 Å². The van der Waals surface area contributed by atoms with Gasteiger partial charge < -0.3 is 10.2 Å². The van der Waals surface area contributed by atoms with Gasteiger partial charge >= 0.3 is 0 Å². The van der Waals surface area contributed by atoms with Gasteiger partial charge in [0.25, 0.3) is 0 Å². The molecule has 0 aliphatic carbocycles. The van der Waals surface area contributed by atoms with Gasteiger partial charge in [-0.3, -0.25) is 4.79 Å². The molecule has 1 saturated heterocycles. The number of unbranched alkanes of at least 4 members (excludes halogenated alkanes) is 1. The van der Waals surface area contributed by atoms with Crippen molar-refractivity contribution in [3.8, 4) is 0 Å². The standard InChI is InChI=1S/C16H27N5O3S/c1-3-4-11-25(23,24)20(2)13-15(22)18-12-14-7-8-17-16(19-14)21-9-5-6-10-21/h7-8H,3-6,9-13H2,1-2H3,(H,18,22). The molecule has 1 aromatic heterocycles. The van der Waals surface area contributed by atoms with Crippen molar-refractivity contribution in [2.24, 2.45) is 0 Å². The number of carbonyl (C=O) groups is 1. The van der Waals surface area contributed by atoms with Crippen LogP contribution in [-0.4, -0.2) is 61.0 Å². The fourth-order valence-electron chi connectivity index (χ4n) is 2.58. The lowest BCUT2D eigenvalue weighted by Crippen LogP contribution is -2.39. The van der Waals surface area contributed by atoms with Gasteiger partial charge in [-0.05, 0) is 25.3 Å². The quantitative estimate of drug-likeness (QED) is 0.690. The summed E-state index contributed by atoms with van der Waals surface area (Å²) in [4.78, 5) is 22.9. The molecule has 1 aromatic rings. The fourth-order valence-corrected chi connectivity index (χ4v) is 3.86. The molecule has 2 rings (SSSR count). The molecule has 0 radical (unpaired) electrons. The van der Waals surface area contributed by atoms with Crippen molar-refractivity contribution in [3.05, 3.63) is 18.0 Å². The van der Waals surface area contributed by atoms with Crippen molar-refractivity contribution in [1.82, 2.24) is 19.6 Å². The molecule has 0 unspecified atom stereocenters. The number of hydrogen-bond acceptors (Lipinski definition) is 6. The van der Waals surface area contributed by atoms with Crippen LogP contribution in [0, 0.1) is 0 Å². The van der Waals surface area contributed by atoms with Gasteiger partial charge in [-0.2, -0.15) is 4.31 Å². The van der Waals surface area contributed by atoms with E-state index in [0.717, 1.165) is 36.7 Å². The number of likely N-dealkylation sites (N-methyl/N-ethyl adjacent to an activating group) is 1. The summed E-state index contributed by atoms with van der Waals surface area (Å²) in [5.74, 6) is 0.408. The Morgan fingerprint density at radius 1 is 1.36 bits per heavy atom. The Morgan fingerprint density at radius 3 is 2.76 bits per heavy atom. The summed E-state index contributed by atoms with van der Waals surface area (Å²) < 4.78 is 25.1. The molecule has 0 saturated carbocycles. The third-order valence-electron chi connectivity index (χ3n) is 4.15. The monoisotopic (exact) mass is 369 g/mol. The Kier molecular flexibility index (Phi) is 7.12. The molecule has 0 atom stereocenters. The number of rotatable bonds is 9. The molecule has 1 aliphatic heterocycles. The molecular weight excluding hydrogens is 342 g/mol. The summed E-state index contributed by atoms with van der Waals surface area (Å²) in [7, 11) is -1.95. The molecule has 140 valence electrons. The molecule has 9 heteroatoms. The lowest BCUT2D eigenvalue weighted by molar-refractivity contribution is -0.121. The van der Waals surface area contributed by atoms with Gasteiger partial charge in [0.05, 0.1) is 24.5 Å². The summed E-state index contributed by atoms with van der Waals surface area (Å²) >= 11 is 0. The largest absolute Gasteiger partial charge is 0.349 e. The number of amides is 1. The second-order valence-electron chi connectivity index (χ2n) is 6.24. The maximum absolute atomic E-state index is 12.0. The fraction of sp³-hybridized carbons (Fsp3) is 0.688. The Bertz CT molecular complexity index is 674. The van der Waals surface area contributed by atoms with E-state index < -0.39 is 10.0 Å².